The van der Waals surface area contributed by atoms with Crippen LogP contribution in [0.1, 0.15) is 33.6 Å². The highest BCUT2D eigenvalue weighted by molar-refractivity contribution is 5.78. The first kappa shape index (κ1) is 14.4. The summed E-state index contributed by atoms with van der Waals surface area (Å²) < 4.78 is 5.06. The van der Waals surface area contributed by atoms with Crippen LogP contribution in [0.2, 0.25) is 0 Å². The molecule has 1 amide bonds. The molecule has 1 atom stereocenters. The van der Waals surface area contributed by atoms with Gasteiger partial charge in [-0.2, -0.15) is 0 Å². The average molecular weight is 216 g/mol. The van der Waals surface area contributed by atoms with Gasteiger partial charge in [0.05, 0.1) is 12.6 Å². The molecular formula is C11H24N2O2. The Hall–Kier alpha value is -0.610. The van der Waals surface area contributed by atoms with Crippen LogP contribution < -0.4 is 10.6 Å². The van der Waals surface area contributed by atoms with E-state index in [2.05, 4.69) is 24.5 Å². The van der Waals surface area contributed by atoms with E-state index in [1.54, 1.807) is 7.11 Å². The predicted molar refractivity (Wildman–Crippen MR) is 61.9 cm³/mol. The van der Waals surface area contributed by atoms with Crippen LogP contribution in [-0.4, -0.2) is 38.3 Å². The van der Waals surface area contributed by atoms with Crippen molar-refractivity contribution in [2.45, 2.75) is 45.8 Å². The number of amides is 1. The highest BCUT2D eigenvalue weighted by Gasteiger charge is 2.07. The molecule has 0 heterocycles. The van der Waals surface area contributed by atoms with Crippen molar-refractivity contribution in [3.63, 3.8) is 0 Å². The van der Waals surface area contributed by atoms with Gasteiger partial charge < -0.3 is 15.4 Å². The number of carbonyl (C=O) groups excluding carboxylic acids is 1. The smallest absolute Gasteiger partial charge is 0.234 e. The molecule has 1 unspecified atom stereocenters. The van der Waals surface area contributed by atoms with Crippen molar-refractivity contribution >= 4 is 5.91 Å². The molecular weight excluding hydrogens is 192 g/mol. The van der Waals surface area contributed by atoms with E-state index in [1.807, 2.05) is 6.92 Å². The molecule has 0 aliphatic heterocycles. The van der Waals surface area contributed by atoms with Crippen molar-refractivity contribution in [1.82, 2.24) is 10.6 Å². The lowest BCUT2D eigenvalue weighted by Gasteiger charge is -2.15. The summed E-state index contributed by atoms with van der Waals surface area (Å²) in [6.45, 7) is 7.19. The minimum Gasteiger partial charge on any atom is -0.380 e. The first-order valence-electron chi connectivity index (χ1n) is 5.66. The first-order chi connectivity index (χ1) is 7.13. The summed E-state index contributed by atoms with van der Waals surface area (Å²) in [4.78, 5) is 11.4. The zero-order valence-corrected chi connectivity index (χ0v) is 10.3. The van der Waals surface area contributed by atoms with Crippen LogP contribution in [0.5, 0.6) is 0 Å². The van der Waals surface area contributed by atoms with Crippen LogP contribution in [0.4, 0.5) is 0 Å². The van der Waals surface area contributed by atoms with Crippen molar-refractivity contribution in [2.24, 2.45) is 0 Å². The lowest BCUT2D eigenvalue weighted by atomic mass is 10.2. The van der Waals surface area contributed by atoms with E-state index < -0.39 is 0 Å². The van der Waals surface area contributed by atoms with Gasteiger partial charge in [-0.1, -0.05) is 13.8 Å². The van der Waals surface area contributed by atoms with Crippen molar-refractivity contribution in [1.29, 1.82) is 0 Å². The van der Waals surface area contributed by atoms with Crippen LogP contribution >= 0.6 is 0 Å². The third-order valence-electron chi connectivity index (χ3n) is 2.47. The van der Waals surface area contributed by atoms with Gasteiger partial charge in [-0.3, -0.25) is 4.79 Å². The zero-order valence-electron chi connectivity index (χ0n) is 10.3. The molecule has 0 radical (unpaired) electrons. The number of hydrogen-bond acceptors (Lipinski definition) is 3. The summed E-state index contributed by atoms with van der Waals surface area (Å²) in [7, 11) is 1.66. The van der Waals surface area contributed by atoms with Gasteiger partial charge in [0, 0.05) is 19.7 Å². The van der Waals surface area contributed by atoms with Crippen molar-refractivity contribution in [3.05, 3.63) is 0 Å². The molecule has 4 heteroatoms. The molecule has 0 spiro atoms. The molecule has 0 saturated carbocycles. The fourth-order valence-corrected chi connectivity index (χ4v) is 1.24. The predicted octanol–water partition coefficient (Wildman–Crippen LogP) is 0.916. The van der Waals surface area contributed by atoms with Gasteiger partial charge in [-0.25, -0.2) is 0 Å². The average Bonchev–Trinajstić information content (AvgIpc) is 2.25. The second kappa shape index (κ2) is 8.68. The van der Waals surface area contributed by atoms with E-state index in [1.165, 1.54) is 0 Å². The van der Waals surface area contributed by atoms with Gasteiger partial charge in [-0.05, 0) is 19.8 Å². The topological polar surface area (TPSA) is 50.4 Å². The Morgan fingerprint density at radius 3 is 2.40 bits per heavy atom. The normalized spacial score (nSPS) is 12.9. The van der Waals surface area contributed by atoms with E-state index in [0.717, 1.165) is 12.8 Å². The van der Waals surface area contributed by atoms with Gasteiger partial charge >= 0.3 is 0 Å². The van der Waals surface area contributed by atoms with E-state index in [0.29, 0.717) is 19.1 Å². The SMILES string of the molecule is CCC(CC)NC(=O)CNCC(C)OC. The first-order valence-corrected chi connectivity index (χ1v) is 5.66. The standard InChI is InChI=1S/C11H24N2O2/c1-5-10(6-2)13-11(14)8-12-7-9(3)15-4/h9-10,12H,5-8H2,1-4H3,(H,13,14). The molecule has 4 nitrogen and oxygen atoms in total. The summed E-state index contributed by atoms with van der Waals surface area (Å²) in [6, 6.07) is 0.305. The maximum absolute atomic E-state index is 11.4. The minimum atomic E-state index is 0.0620. The molecule has 0 aliphatic rings. The number of methoxy groups -OCH3 is 1. The number of nitrogens with one attached hydrogen (secondary N) is 2. The van der Waals surface area contributed by atoms with Crippen LogP contribution in [-0.2, 0) is 9.53 Å². The van der Waals surface area contributed by atoms with Crippen LogP contribution in [0.3, 0.4) is 0 Å². The Kier molecular flexibility index (Phi) is 8.33. The number of carbonyl (C=O) groups is 1. The Morgan fingerprint density at radius 1 is 1.33 bits per heavy atom. The maximum atomic E-state index is 11.4. The Bertz CT molecular complexity index is 170. The fourth-order valence-electron chi connectivity index (χ4n) is 1.24. The molecule has 0 aromatic carbocycles. The summed E-state index contributed by atoms with van der Waals surface area (Å²) in [6.07, 6.45) is 2.11. The Labute approximate surface area is 92.8 Å². The minimum absolute atomic E-state index is 0.0620. The van der Waals surface area contributed by atoms with Crippen LogP contribution in [0, 0.1) is 0 Å². The number of hydrogen-bond donors (Lipinski definition) is 2. The Balaban J connectivity index is 3.56. The fraction of sp³-hybridized carbons (Fsp3) is 0.909. The molecule has 0 aliphatic carbocycles. The molecule has 0 aromatic heterocycles. The summed E-state index contributed by atoms with van der Waals surface area (Å²) in [5, 5.41) is 6.02. The molecule has 0 aromatic rings. The number of rotatable bonds is 8. The largest absolute Gasteiger partial charge is 0.380 e. The van der Waals surface area contributed by atoms with E-state index in [4.69, 9.17) is 4.74 Å². The highest BCUT2D eigenvalue weighted by atomic mass is 16.5. The van der Waals surface area contributed by atoms with E-state index in [9.17, 15) is 4.79 Å². The second-order valence-corrected chi connectivity index (χ2v) is 3.76. The quantitative estimate of drug-likeness (QED) is 0.634. The third-order valence-corrected chi connectivity index (χ3v) is 2.47. The monoisotopic (exact) mass is 216 g/mol. The third kappa shape index (κ3) is 7.33. The summed E-state index contributed by atoms with van der Waals surface area (Å²) in [5.41, 5.74) is 0. The van der Waals surface area contributed by atoms with E-state index >= 15 is 0 Å². The van der Waals surface area contributed by atoms with Gasteiger partial charge in [0.1, 0.15) is 0 Å². The van der Waals surface area contributed by atoms with Crippen molar-refractivity contribution < 1.29 is 9.53 Å². The van der Waals surface area contributed by atoms with Gasteiger partial charge in [0.15, 0.2) is 0 Å². The van der Waals surface area contributed by atoms with E-state index in [-0.39, 0.29) is 12.0 Å². The van der Waals surface area contributed by atoms with Crippen molar-refractivity contribution in [2.75, 3.05) is 20.2 Å². The molecule has 0 saturated heterocycles. The van der Waals surface area contributed by atoms with Gasteiger partial charge in [-0.15, -0.1) is 0 Å². The molecule has 15 heavy (non-hydrogen) atoms. The van der Waals surface area contributed by atoms with Gasteiger partial charge in [0.25, 0.3) is 0 Å². The molecule has 0 rings (SSSR count). The van der Waals surface area contributed by atoms with Gasteiger partial charge in [0.2, 0.25) is 5.91 Å². The lowest BCUT2D eigenvalue weighted by molar-refractivity contribution is -0.121. The molecule has 0 bridgehead atoms. The summed E-state index contributed by atoms with van der Waals surface area (Å²) in [5.74, 6) is 0.0620. The lowest BCUT2D eigenvalue weighted by Crippen LogP contribution is -2.41. The van der Waals surface area contributed by atoms with Crippen LogP contribution in [0.15, 0.2) is 0 Å². The Morgan fingerprint density at radius 2 is 1.93 bits per heavy atom. The van der Waals surface area contributed by atoms with Crippen molar-refractivity contribution in [3.8, 4) is 0 Å². The molecule has 0 fully saturated rings. The highest BCUT2D eigenvalue weighted by Crippen LogP contribution is 1.94. The van der Waals surface area contributed by atoms with Crippen LogP contribution in [0.25, 0.3) is 0 Å². The zero-order chi connectivity index (χ0) is 11.7. The maximum Gasteiger partial charge on any atom is 0.234 e. The molecule has 2 N–H and O–H groups in total. The second-order valence-electron chi connectivity index (χ2n) is 3.76. The number of ether oxygens (including phenoxy) is 1. The molecule has 90 valence electrons. The summed E-state index contributed by atoms with van der Waals surface area (Å²) >= 11 is 0.